The molecule has 0 spiro atoms. The molecule has 3 aromatic heterocycles. The van der Waals surface area contributed by atoms with Crippen molar-refractivity contribution in [3.05, 3.63) is 235 Å². The molecule has 7 heteroatoms. The highest BCUT2D eigenvalue weighted by molar-refractivity contribution is 6.10. The van der Waals surface area contributed by atoms with Crippen LogP contribution in [0.15, 0.2) is 219 Å². The molecule has 0 saturated heterocycles. The summed E-state index contributed by atoms with van der Waals surface area (Å²) >= 11 is 0. The third-order valence-corrected chi connectivity index (χ3v) is 15.9. The second-order valence-electron chi connectivity index (χ2n) is 21.8. The summed E-state index contributed by atoms with van der Waals surface area (Å²) in [5, 5.41) is 2.34. The number of aromatic nitrogens is 4. The number of hydrogen-bond acceptors (Lipinski definition) is 5. The molecule has 0 bridgehead atoms. The minimum Gasteiger partial charge on any atom is -0.457 e. The van der Waals surface area contributed by atoms with Crippen molar-refractivity contribution in [1.29, 1.82) is 0 Å². The average Bonchev–Trinajstić information content (AvgIpc) is 4.32. The lowest BCUT2D eigenvalue weighted by Crippen LogP contribution is -2.25. The smallest absolute Gasteiger partial charge is 0.137 e. The number of ether oxygens (including phenoxy) is 1. The lowest BCUT2D eigenvalue weighted by molar-refractivity contribution is 0.483. The predicted octanol–water partition coefficient (Wildman–Crippen LogP) is 18.2. The highest BCUT2D eigenvalue weighted by Gasteiger charge is 2.34. The van der Waals surface area contributed by atoms with Crippen LogP contribution in [0.4, 0.5) is 22.7 Å². The summed E-state index contributed by atoms with van der Waals surface area (Å²) < 4.78 is 11.7. The van der Waals surface area contributed by atoms with Gasteiger partial charge in [-0.15, -0.1) is 0 Å². The Morgan fingerprint density at radius 1 is 0.494 bits per heavy atom. The third kappa shape index (κ3) is 8.21. The second kappa shape index (κ2) is 18.6. The number of aryl methyl sites for hydroxylation is 3. The summed E-state index contributed by atoms with van der Waals surface area (Å²) in [7, 11) is 0. The Balaban J connectivity index is 0.857. The molecule has 0 aliphatic carbocycles. The van der Waals surface area contributed by atoms with Gasteiger partial charge in [-0.1, -0.05) is 166 Å². The maximum atomic E-state index is 6.98. The van der Waals surface area contributed by atoms with E-state index in [0.717, 1.165) is 92.4 Å². The van der Waals surface area contributed by atoms with Crippen molar-refractivity contribution in [2.24, 2.45) is 0 Å². The van der Waals surface area contributed by atoms with Gasteiger partial charge in [0.1, 0.15) is 29.8 Å². The fourth-order valence-electron chi connectivity index (χ4n) is 11.9. The number of para-hydroxylation sites is 1. The number of hydrogen-bond donors (Lipinski definition) is 0. The fourth-order valence-corrected chi connectivity index (χ4v) is 11.9. The van der Waals surface area contributed by atoms with Crippen molar-refractivity contribution in [1.82, 2.24) is 19.1 Å². The van der Waals surface area contributed by atoms with Gasteiger partial charge in [-0.2, -0.15) is 0 Å². The van der Waals surface area contributed by atoms with Gasteiger partial charge in [0, 0.05) is 64.4 Å². The van der Waals surface area contributed by atoms with E-state index in [-0.39, 0.29) is 5.41 Å². The largest absolute Gasteiger partial charge is 0.457 e. The lowest BCUT2D eigenvalue weighted by atomic mass is 9.86. The van der Waals surface area contributed by atoms with Crippen LogP contribution in [-0.4, -0.2) is 25.8 Å². The normalized spacial score (nSPS) is 13.4. The molecule has 9 aromatic carbocycles. The fraction of sp³-hybridized carbons (Fsp3) is 0.143. The van der Waals surface area contributed by atoms with Crippen molar-refractivity contribution in [2.45, 2.75) is 58.9 Å². The highest BCUT2D eigenvalue weighted by Crippen LogP contribution is 2.52. The van der Waals surface area contributed by atoms with E-state index in [1.165, 1.54) is 67.8 Å². The number of rotatable bonds is 9. The topological polar surface area (TPSA) is 51.4 Å². The Kier molecular flexibility index (Phi) is 11.2. The van der Waals surface area contributed by atoms with E-state index in [1.807, 2.05) is 6.20 Å². The van der Waals surface area contributed by atoms with E-state index in [0.29, 0.717) is 6.67 Å². The van der Waals surface area contributed by atoms with Gasteiger partial charge in [0.25, 0.3) is 0 Å². The molecule has 0 atom stereocenters. The van der Waals surface area contributed by atoms with Gasteiger partial charge in [0.15, 0.2) is 0 Å². The molecule has 14 rings (SSSR count). The molecule has 0 unspecified atom stereocenters. The molecule has 12 aromatic rings. The van der Waals surface area contributed by atoms with Crippen molar-refractivity contribution in [3.8, 4) is 61.8 Å². The number of anilines is 4. The van der Waals surface area contributed by atoms with Crippen LogP contribution in [0.3, 0.4) is 0 Å². The number of benzene rings is 9. The molecule has 0 amide bonds. The van der Waals surface area contributed by atoms with Crippen molar-refractivity contribution in [3.63, 3.8) is 0 Å². The number of fused-ring (bicyclic) bond motifs is 7. The first kappa shape index (κ1) is 46.3. The van der Waals surface area contributed by atoms with E-state index in [2.05, 4.69) is 259 Å². The molecule has 7 nitrogen and oxygen atoms in total. The Morgan fingerprint density at radius 2 is 1.14 bits per heavy atom. The maximum absolute atomic E-state index is 6.98. The van der Waals surface area contributed by atoms with Crippen LogP contribution < -0.4 is 14.5 Å². The molecule has 374 valence electrons. The molecule has 77 heavy (non-hydrogen) atoms. The lowest BCUT2D eigenvalue weighted by Gasteiger charge is -2.27. The number of nitrogens with zero attached hydrogens (tertiary/aromatic N) is 6. The molecule has 5 heterocycles. The number of pyridine rings is 1. The zero-order chi connectivity index (χ0) is 51.8. The molecule has 0 fully saturated rings. The minimum absolute atomic E-state index is 0.0182. The van der Waals surface area contributed by atoms with Crippen LogP contribution >= 0.6 is 0 Å². The zero-order valence-corrected chi connectivity index (χ0v) is 43.9. The summed E-state index contributed by atoms with van der Waals surface area (Å²) in [5.74, 6) is 3.55. The van der Waals surface area contributed by atoms with E-state index in [9.17, 15) is 0 Å². The number of imidazole rings is 1. The van der Waals surface area contributed by atoms with E-state index < -0.39 is 0 Å². The summed E-state index contributed by atoms with van der Waals surface area (Å²) in [6.45, 7) is 10.6. The average molecular weight is 999 g/mol. The van der Waals surface area contributed by atoms with Crippen molar-refractivity contribution >= 4 is 55.6 Å². The molecule has 2 aliphatic rings. The van der Waals surface area contributed by atoms with Crippen LogP contribution in [0.5, 0.6) is 11.5 Å². The van der Waals surface area contributed by atoms with Crippen LogP contribution in [0, 0.1) is 6.92 Å². The third-order valence-electron chi connectivity index (χ3n) is 15.9. The molecule has 0 radical (unpaired) electrons. The van der Waals surface area contributed by atoms with Gasteiger partial charge in [-0.25, -0.2) is 9.97 Å². The summed E-state index contributed by atoms with van der Waals surface area (Å²) in [6, 6.07) is 76.6. The van der Waals surface area contributed by atoms with Gasteiger partial charge in [0.2, 0.25) is 0 Å². The first-order valence-corrected chi connectivity index (χ1v) is 27.0. The van der Waals surface area contributed by atoms with Gasteiger partial charge in [-0.3, -0.25) is 4.57 Å². The highest BCUT2D eigenvalue weighted by atomic mass is 16.5. The van der Waals surface area contributed by atoms with Gasteiger partial charge in [-0.05, 0) is 119 Å². The van der Waals surface area contributed by atoms with Gasteiger partial charge in [0.05, 0.1) is 39.1 Å². The van der Waals surface area contributed by atoms with E-state index >= 15 is 0 Å². The van der Waals surface area contributed by atoms with Crippen LogP contribution in [0.1, 0.15) is 50.6 Å². The summed E-state index contributed by atoms with van der Waals surface area (Å²) in [6.07, 6.45) is 5.36. The maximum Gasteiger partial charge on any atom is 0.137 e. The summed E-state index contributed by atoms with van der Waals surface area (Å²) in [4.78, 5) is 15.4. The molecule has 2 aliphatic heterocycles. The van der Waals surface area contributed by atoms with E-state index in [4.69, 9.17) is 14.7 Å². The first-order chi connectivity index (χ1) is 37.7. The monoisotopic (exact) mass is 998 g/mol. The molecular formula is C70H58N6O. The second-order valence-corrected chi connectivity index (χ2v) is 21.8. The predicted molar refractivity (Wildman–Crippen MR) is 319 cm³/mol. The van der Waals surface area contributed by atoms with Crippen LogP contribution in [0.2, 0.25) is 0 Å². The van der Waals surface area contributed by atoms with Crippen molar-refractivity contribution < 1.29 is 4.74 Å². The molecule has 0 N–H and O–H groups in total. The van der Waals surface area contributed by atoms with Crippen molar-refractivity contribution in [2.75, 3.05) is 16.5 Å². The van der Waals surface area contributed by atoms with Crippen LogP contribution in [0.25, 0.3) is 83.2 Å². The Hall–Kier alpha value is -9.20. The first-order valence-electron chi connectivity index (χ1n) is 27.0. The minimum atomic E-state index is -0.0182. The van der Waals surface area contributed by atoms with Gasteiger partial charge < -0.3 is 19.1 Å². The quantitative estimate of drug-likeness (QED) is 0.144. The Morgan fingerprint density at radius 3 is 1.86 bits per heavy atom. The van der Waals surface area contributed by atoms with Crippen LogP contribution in [-0.2, 0) is 18.4 Å². The SMILES string of the molecule is Cc1cc(-n2c3ccc(C(C)(C)C)cc3c3ccc(Oc4cccc(N5CN(c6c(-c7ccccc7)cccc6-c6ccccc6)c6cc7c(cc65)nc5n7CCCC5)c4)cc32)ncc1-c1ccc(-c2ccccc2)cc1. The summed E-state index contributed by atoms with van der Waals surface area (Å²) in [5.41, 5.74) is 20.7. The zero-order valence-electron chi connectivity index (χ0n) is 43.9. The molecular weight excluding hydrogens is 941 g/mol. The van der Waals surface area contributed by atoms with Gasteiger partial charge >= 0.3 is 0 Å². The van der Waals surface area contributed by atoms with E-state index in [1.54, 1.807) is 0 Å². The Bertz CT molecular complexity index is 4150. The standard InChI is InChI=1S/C70H58N6O/c1-46-38-68(71-44-60(46)51-31-29-48(30-32-51)47-18-8-5-9-19-47)76-62-36-33-52(70(2,3)4)39-59(62)58-35-34-55(41-63(58)76)77-54-25-16-24-53(40-54)74-45-75(66-43-64-61(42-65(66)74)72-67-28-14-15-37-73(64)67)69-56(49-20-10-6-11-21-49)26-17-27-57(69)50-22-12-7-13-23-50/h5-13,16-27,29-36,38-44H,14-15,28,37,45H2,1-4H3. The molecule has 0 saturated carbocycles. The Labute approximate surface area is 449 Å².